The fourth-order valence-corrected chi connectivity index (χ4v) is 3.10. The van der Waals surface area contributed by atoms with Crippen LogP contribution < -0.4 is 5.56 Å². The molecule has 23 heavy (non-hydrogen) atoms. The van der Waals surface area contributed by atoms with Crippen molar-refractivity contribution in [1.29, 1.82) is 0 Å². The van der Waals surface area contributed by atoms with Gasteiger partial charge in [-0.3, -0.25) is 9.89 Å². The van der Waals surface area contributed by atoms with Gasteiger partial charge in [-0.15, -0.1) is 0 Å². The van der Waals surface area contributed by atoms with E-state index in [0.717, 1.165) is 31.1 Å². The third-order valence-electron chi connectivity index (χ3n) is 4.29. The van der Waals surface area contributed by atoms with E-state index in [0.29, 0.717) is 12.8 Å². The van der Waals surface area contributed by atoms with Crippen LogP contribution in [0.5, 0.6) is 0 Å². The van der Waals surface area contributed by atoms with Crippen molar-refractivity contribution >= 4 is 5.97 Å². The minimum atomic E-state index is -5.38. The van der Waals surface area contributed by atoms with Crippen LogP contribution in [0.3, 0.4) is 0 Å². The smallest absolute Gasteiger partial charge is 0.432 e. The molecular weight excluding hydrogens is 317 g/mol. The summed E-state index contributed by atoms with van der Waals surface area (Å²) in [6.07, 6.45) is -1.33. The van der Waals surface area contributed by atoms with Gasteiger partial charge in [0.15, 0.2) is 0 Å². The third-order valence-corrected chi connectivity index (χ3v) is 4.29. The van der Waals surface area contributed by atoms with Gasteiger partial charge in [-0.05, 0) is 19.8 Å². The summed E-state index contributed by atoms with van der Waals surface area (Å²) in [5, 5.41) is 12.6. The molecule has 9 heteroatoms. The van der Waals surface area contributed by atoms with E-state index in [1.165, 1.54) is 6.92 Å². The molecule has 1 aromatic heterocycles. The molecule has 1 heterocycles. The molecule has 0 radical (unpaired) electrons. The highest BCUT2D eigenvalue weighted by atomic mass is 19.4. The summed E-state index contributed by atoms with van der Waals surface area (Å²) in [5.74, 6) is -1.93. The van der Waals surface area contributed by atoms with Gasteiger partial charge < -0.3 is 9.84 Å². The number of nitrogens with zero attached hydrogens (tertiary/aromatic N) is 1. The Morgan fingerprint density at radius 3 is 2.35 bits per heavy atom. The molecule has 2 N–H and O–H groups in total. The second-order valence-electron chi connectivity index (χ2n) is 5.78. The van der Waals surface area contributed by atoms with Gasteiger partial charge >= 0.3 is 12.1 Å². The molecule has 1 atom stereocenters. The van der Waals surface area contributed by atoms with Crippen LogP contribution in [0, 0.1) is 6.92 Å². The average Bonchev–Trinajstić information content (AvgIpc) is 2.80. The van der Waals surface area contributed by atoms with Crippen molar-refractivity contribution in [3.8, 4) is 0 Å². The van der Waals surface area contributed by atoms with Gasteiger partial charge in [-0.25, -0.2) is 9.48 Å². The molecule has 130 valence electrons. The Bertz CT molecular complexity index is 643. The fourth-order valence-electron chi connectivity index (χ4n) is 3.10. The Morgan fingerprint density at radius 2 is 1.87 bits per heavy atom. The standard InChI is InChI=1S/C14H19F3N2O4/c1-8-10(13(22,12(21)23-2)14(15,16)17)11(20)19(18-8)9-6-4-3-5-7-9/h9,18,22H,3-7H2,1-2H3. The lowest BCUT2D eigenvalue weighted by Crippen LogP contribution is -2.52. The number of carbonyl (C=O) groups excluding carboxylic acids is 1. The topological polar surface area (TPSA) is 84.3 Å². The van der Waals surface area contributed by atoms with E-state index in [2.05, 4.69) is 9.84 Å². The second kappa shape index (κ2) is 6.03. The molecular formula is C14H19F3N2O4. The first-order chi connectivity index (χ1) is 10.6. The Hall–Kier alpha value is -1.77. The number of H-pyrrole nitrogens is 1. The zero-order chi connectivity index (χ0) is 17.4. The van der Waals surface area contributed by atoms with Crippen molar-refractivity contribution in [3.05, 3.63) is 21.6 Å². The highest BCUT2D eigenvalue weighted by molar-refractivity contribution is 5.82. The van der Waals surface area contributed by atoms with Crippen molar-refractivity contribution < 1.29 is 27.8 Å². The molecule has 0 bridgehead atoms. The molecule has 1 aliphatic rings. The summed E-state index contributed by atoms with van der Waals surface area (Å²) in [6, 6.07) is -0.265. The van der Waals surface area contributed by atoms with E-state index < -0.39 is 28.9 Å². The number of alkyl halides is 3. The predicted octanol–water partition coefficient (Wildman–Crippen LogP) is 1.91. The molecule has 0 saturated heterocycles. The van der Waals surface area contributed by atoms with Crippen molar-refractivity contribution in [2.45, 2.75) is 56.8 Å². The Morgan fingerprint density at radius 1 is 1.30 bits per heavy atom. The van der Waals surface area contributed by atoms with Crippen LogP contribution in [0.15, 0.2) is 4.79 Å². The van der Waals surface area contributed by atoms with E-state index in [9.17, 15) is 27.9 Å². The molecule has 0 spiro atoms. The number of carbonyl (C=O) groups is 1. The number of methoxy groups -OCH3 is 1. The molecule has 1 fully saturated rings. The first-order valence-electron chi connectivity index (χ1n) is 7.33. The summed E-state index contributed by atoms with van der Waals surface area (Å²) in [4.78, 5) is 24.1. The fraction of sp³-hybridized carbons (Fsp3) is 0.714. The average molecular weight is 336 g/mol. The van der Waals surface area contributed by atoms with Gasteiger partial charge in [0, 0.05) is 5.69 Å². The summed E-state index contributed by atoms with van der Waals surface area (Å²) >= 11 is 0. The number of halogens is 3. The largest absolute Gasteiger partial charge is 0.466 e. The maximum absolute atomic E-state index is 13.3. The number of nitrogens with one attached hydrogen (secondary N) is 1. The minimum Gasteiger partial charge on any atom is -0.466 e. The minimum absolute atomic E-state index is 0.203. The van der Waals surface area contributed by atoms with Crippen LogP contribution in [0.1, 0.15) is 49.4 Å². The highest BCUT2D eigenvalue weighted by Gasteiger charge is 2.64. The van der Waals surface area contributed by atoms with Gasteiger partial charge in [-0.1, -0.05) is 19.3 Å². The van der Waals surface area contributed by atoms with Crippen LogP contribution in [0.2, 0.25) is 0 Å². The van der Waals surface area contributed by atoms with Crippen molar-refractivity contribution in [2.75, 3.05) is 7.11 Å². The molecule has 6 nitrogen and oxygen atoms in total. The number of aromatic nitrogens is 2. The predicted molar refractivity (Wildman–Crippen MR) is 73.9 cm³/mol. The van der Waals surface area contributed by atoms with Crippen molar-refractivity contribution in [1.82, 2.24) is 9.78 Å². The highest BCUT2D eigenvalue weighted by Crippen LogP contribution is 2.40. The van der Waals surface area contributed by atoms with E-state index in [1.807, 2.05) is 0 Å². The van der Waals surface area contributed by atoms with Gasteiger partial charge in [0.2, 0.25) is 0 Å². The summed E-state index contributed by atoms with van der Waals surface area (Å²) in [6.45, 7) is 1.22. The van der Waals surface area contributed by atoms with Crippen LogP contribution in [-0.2, 0) is 15.1 Å². The summed E-state index contributed by atoms with van der Waals surface area (Å²) in [7, 11) is 0.723. The normalized spacial score (nSPS) is 19.4. The zero-order valence-electron chi connectivity index (χ0n) is 12.9. The lowest BCUT2D eigenvalue weighted by molar-refractivity contribution is -0.267. The molecule has 2 rings (SSSR count). The van der Waals surface area contributed by atoms with E-state index >= 15 is 0 Å². The number of hydrogen-bond donors (Lipinski definition) is 2. The number of ether oxygens (including phenoxy) is 1. The monoisotopic (exact) mass is 336 g/mol. The molecule has 1 aromatic rings. The van der Waals surface area contributed by atoms with Gasteiger partial charge in [-0.2, -0.15) is 13.2 Å². The summed E-state index contributed by atoms with van der Waals surface area (Å²) < 4.78 is 45.2. The van der Waals surface area contributed by atoms with Crippen LogP contribution in [0.25, 0.3) is 0 Å². The molecule has 0 aliphatic heterocycles. The first-order valence-corrected chi connectivity index (χ1v) is 7.33. The van der Waals surface area contributed by atoms with Gasteiger partial charge in [0.25, 0.3) is 11.2 Å². The molecule has 0 aromatic carbocycles. The van der Waals surface area contributed by atoms with E-state index in [4.69, 9.17) is 0 Å². The van der Waals surface area contributed by atoms with Crippen LogP contribution in [-0.4, -0.2) is 34.1 Å². The maximum atomic E-state index is 13.3. The van der Waals surface area contributed by atoms with Crippen molar-refractivity contribution in [2.24, 2.45) is 0 Å². The SMILES string of the molecule is COC(=O)C(O)(c1c(C)[nH]n(C2CCCCC2)c1=O)C(F)(F)F. The van der Waals surface area contributed by atoms with E-state index in [1.54, 1.807) is 0 Å². The molecule has 1 aliphatic carbocycles. The van der Waals surface area contributed by atoms with Crippen LogP contribution in [0.4, 0.5) is 13.2 Å². The Kier molecular flexibility index (Phi) is 4.61. The lowest BCUT2D eigenvalue weighted by atomic mass is 9.93. The van der Waals surface area contributed by atoms with Crippen LogP contribution >= 0.6 is 0 Å². The zero-order valence-corrected chi connectivity index (χ0v) is 12.9. The van der Waals surface area contributed by atoms with Gasteiger partial charge in [0.1, 0.15) is 0 Å². The number of aryl methyl sites for hydroxylation is 1. The number of aliphatic hydroxyl groups is 1. The maximum Gasteiger partial charge on any atom is 0.432 e. The second-order valence-corrected chi connectivity index (χ2v) is 5.78. The molecule has 1 unspecified atom stereocenters. The Labute approximate surface area is 130 Å². The quantitative estimate of drug-likeness (QED) is 0.826. The lowest BCUT2D eigenvalue weighted by Gasteiger charge is -2.26. The first kappa shape index (κ1) is 17.6. The number of hydrogen-bond acceptors (Lipinski definition) is 4. The summed E-state index contributed by atoms with van der Waals surface area (Å²) in [5.41, 5.74) is -6.26. The number of aromatic amines is 1. The molecule has 0 amide bonds. The van der Waals surface area contributed by atoms with E-state index in [-0.39, 0.29) is 11.7 Å². The third kappa shape index (κ3) is 2.77. The molecule has 1 saturated carbocycles. The number of rotatable bonds is 3. The number of esters is 1. The Balaban J connectivity index is 2.59. The van der Waals surface area contributed by atoms with Gasteiger partial charge in [0.05, 0.1) is 18.7 Å². The van der Waals surface area contributed by atoms with Crippen molar-refractivity contribution in [3.63, 3.8) is 0 Å².